The summed E-state index contributed by atoms with van der Waals surface area (Å²) in [6.45, 7) is 8.24. The van der Waals surface area contributed by atoms with Crippen LogP contribution in [-0.2, 0) is 6.61 Å². The normalized spacial score (nSPS) is 12.1. The maximum atomic E-state index is 9.61. The van der Waals surface area contributed by atoms with Crippen LogP contribution >= 0.6 is 0 Å². The average Bonchev–Trinajstić information content (AvgIpc) is 2.84. The Bertz CT molecular complexity index is 557. The van der Waals surface area contributed by atoms with Crippen LogP contribution < -0.4 is 9.47 Å². The Labute approximate surface area is 205 Å². The van der Waals surface area contributed by atoms with Crippen molar-refractivity contribution in [3.8, 4) is 11.5 Å². The molecule has 0 saturated heterocycles. The standard InChI is InChI=1S/C30H54O3/c1-4-7-9-10-11-12-13-14-15-16-17-18-19-21-32-29-22-28(25-31)23-30(24-29)33-26-27(6-3)20-8-5-2/h22-24,27,31H,4-21,25-26H2,1-3H3. The second kappa shape index (κ2) is 21.3. The molecule has 0 aliphatic heterocycles. The van der Waals surface area contributed by atoms with Gasteiger partial charge in [0.1, 0.15) is 11.5 Å². The first kappa shape index (κ1) is 29.8. The summed E-state index contributed by atoms with van der Waals surface area (Å²) in [6.07, 6.45) is 22.5. The number of hydrogen-bond acceptors (Lipinski definition) is 3. The highest BCUT2D eigenvalue weighted by Gasteiger charge is 2.09. The van der Waals surface area contributed by atoms with Gasteiger partial charge >= 0.3 is 0 Å². The van der Waals surface area contributed by atoms with Gasteiger partial charge in [-0.3, -0.25) is 0 Å². The molecule has 0 saturated carbocycles. The van der Waals surface area contributed by atoms with E-state index in [1.54, 1.807) is 0 Å². The summed E-state index contributed by atoms with van der Waals surface area (Å²) in [4.78, 5) is 0. The first-order valence-corrected chi connectivity index (χ1v) is 14.2. The van der Waals surface area contributed by atoms with E-state index in [2.05, 4.69) is 20.8 Å². The molecule has 192 valence electrons. The van der Waals surface area contributed by atoms with Gasteiger partial charge in [0.25, 0.3) is 0 Å². The van der Waals surface area contributed by atoms with E-state index >= 15 is 0 Å². The third-order valence-electron chi connectivity index (χ3n) is 6.67. The van der Waals surface area contributed by atoms with Crippen LogP contribution in [0.15, 0.2) is 18.2 Å². The summed E-state index contributed by atoms with van der Waals surface area (Å²) in [7, 11) is 0. The number of rotatable bonds is 23. The summed E-state index contributed by atoms with van der Waals surface area (Å²) < 4.78 is 12.1. The number of unbranched alkanes of at least 4 members (excludes halogenated alkanes) is 13. The van der Waals surface area contributed by atoms with E-state index in [1.807, 2.05) is 18.2 Å². The fourth-order valence-electron chi connectivity index (χ4n) is 4.31. The molecule has 0 fully saturated rings. The summed E-state index contributed by atoms with van der Waals surface area (Å²) >= 11 is 0. The topological polar surface area (TPSA) is 38.7 Å². The van der Waals surface area contributed by atoms with Crippen molar-refractivity contribution in [2.24, 2.45) is 5.92 Å². The van der Waals surface area contributed by atoms with Crippen molar-refractivity contribution in [1.82, 2.24) is 0 Å². The SMILES string of the molecule is CCCCCCCCCCCCCCCOc1cc(CO)cc(OCC(CC)CCCC)c1. The molecular formula is C30H54O3. The van der Waals surface area contributed by atoms with Gasteiger partial charge in [-0.2, -0.15) is 0 Å². The Morgan fingerprint density at radius 2 is 1.15 bits per heavy atom. The Balaban J connectivity index is 2.16. The highest BCUT2D eigenvalue weighted by molar-refractivity contribution is 5.38. The molecule has 3 heteroatoms. The molecule has 33 heavy (non-hydrogen) atoms. The molecule has 1 rings (SSSR count). The zero-order valence-corrected chi connectivity index (χ0v) is 22.2. The molecule has 1 aromatic rings. The lowest BCUT2D eigenvalue weighted by atomic mass is 10.0. The smallest absolute Gasteiger partial charge is 0.123 e. The van der Waals surface area contributed by atoms with Crippen molar-refractivity contribution >= 4 is 0 Å². The van der Waals surface area contributed by atoms with Crippen molar-refractivity contribution in [3.05, 3.63) is 23.8 Å². The molecule has 1 unspecified atom stereocenters. The van der Waals surface area contributed by atoms with Crippen LogP contribution in [0, 0.1) is 5.92 Å². The minimum atomic E-state index is 0.0132. The largest absolute Gasteiger partial charge is 0.493 e. The number of ether oxygens (including phenoxy) is 2. The van der Waals surface area contributed by atoms with Gasteiger partial charge in [-0.05, 0) is 36.5 Å². The molecule has 0 amide bonds. The van der Waals surface area contributed by atoms with Crippen molar-refractivity contribution in [2.75, 3.05) is 13.2 Å². The average molecular weight is 463 g/mol. The summed E-state index contributed by atoms with van der Waals surface area (Å²) in [6, 6.07) is 5.85. The monoisotopic (exact) mass is 462 g/mol. The number of benzene rings is 1. The quantitative estimate of drug-likeness (QED) is 0.165. The molecule has 0 heterocycles. The van der Waals surface area contributed by atoms with Crippen molar-refractivity contribution in [2.45, 2.75) is 137 Å². The van der Waals surface area contributed by atoms with Crippen LogP contribution in [0.4, 0.5) is 0 Å². The van der Waals surface area contributed by atoms with Gasteiger partial charge in [-0.15, -0.1) is 0 Å². The number of hydrogen-bond donors (Lipinski definition) is 1. The maximum absolute atomic E-state index is 9.61. The van der Waals surface area contributed by atoms with E-state index in [9.17, 15) is 5.11 Å². The predicted molar refractivity (Wildman–Crippen MR) is 142 cm³/mol. The number of aliphatic hydroxyl groups is 1. The lowest BCUT2D eigenvalue weighted by molar-refractivity contribution is 0.229. The van der Waals surface area contributed by atoms with Gasteiger partial charge in [-0.1, -0.05) is 117 Å². The molecule has 0 radical (unpaired) electrons. The lowest BCUT2D eigenvalue weighted by Crippen LogP contribution is -2.11. The van der Waals surface area contributed by atoms with E-state index in [0.717, 1.165) is 43.1 Å². The van der Waals surface area contributed by atoms with Crippen molar-refractivity contribution in [1.29, 1.82) is 0 Å². The molecule has 0 aliphatic carbocycles. The van der Waals surface area contributed by atoms with Crippen LogP contribution in [-0.4, -0.2) is 18.3 Å². The Kier molecular flexibility index (Phi) is 19.3. The lowest BCUT2D eigenvalue weighted by Gasteiger charge is -2.17. The molecule has 1 atom stereocenters. The van der Waals surface area contributed by atoms with E-state index in [-0.39, 0.29) is 6.61 Å². The molecule has 0 aromatic heterocycles. The van der Waals surface area contributed by atoms with Gasteiger partial charge < -0.3 is 14.6 Å². The summed E-state index contributed by atoms with van der Waals surface area (Å²) in [5.74, 6) is 2.23. The zero-order chi connectivity index (χ0) is 24.0. The third-order valence-corrected chi connectivity index (χ3v) is 6.67. The van der Waals surface area contributed by atoms with Crippen LogP contribution in [0.25, 0.3) is 0 Å². The Hall–Kier alpha value is -1.22. The maximum Gasteiger partial charge on any atom is 0.123 e. The van der Waals surface area contributed by atoms with Gasteiger partial charge in [0.2, 0.25) is 0 Å². The summed E-state index contributed by atoms with van der Waals surface area (Å²) in [5, 5.41) is 9.61. The second-order valence-corrected chi connectivity index (χ2v) is 9.79. The first-order valence-electron chi connectivity index (χ1n) is 14.2. The fourth-order valence-corrected chi connectivity index (χ4v) is 4.31. The van der Waals surface area contributed by atoms with E-state index < -0.39 is 0 Å². The van der Waals surface area contributed by atoms with Crippen molar-refractivity contribution in [3.63, 3.8) is 0 Å². The molecule has 0 bridgehead atoms. The predicted octanol–water partition coefficient (Wildman–Crippen LogP) is 9.24. The fraction of sp³-hybridized carbons (Fsp3) is 0.800. The Morgan fingerprint density at radius 1 is 0.636 bits per heavy atom. The second-order valence-electron chi connectivity index (χ2n) is 9.79. The first-order chi connectivity index (χ1) is 16.2. The molecule has 1 aromatic carbocycles. The van der Waals surface area contributed by atoms with Crippen LogP contribution in [0.2, 0.25) is 0 Å². The molecular weight excluding hydrogens is 408 g/mol. The van der Waals surface area contributed by atoms with Gasteiger partial charge in [0.15, 0.2) is 0 Å². The van der Waals surface area contributed by atoms with Crippen LogP contribution in [0.3, 0.4) is 0 Å². The Morgan fingerprint density at radius 3 is 1.67 bits per heavy atom. The molecule has 3 nitrogen and oxygen atoms in total. The van der Waals surface area contributed by atoms with Gasteiger partial charge in [0, 0.05) is 6.07 Å². The molecule has 0 spiro atoms. The van der Waals surface area contributed by atoms with Crippen LogP contribution in [0.5, 0.6) is 11.5 Å². The minimum absolute atomic E-state index is 0.0132. The van der Waals surface area contributed by atoms with Gasteiger partial charge in [-0.25, -0.2) is 0 Å². The minimum Gasteiger partial charge on any atom is -0.493 e. The third kappa shape index (κ3) is 16.1. The van der Waals surface area contributed by atoms with E-state index in [1.165, 1.54) is 96.3 Å². The highest BCUT2D eigenvalue weighted by atomic mass is 16.5. The van der Waals surface area contributed by atoms with Crippen molar-refractivity contribution < 1.29 is 14.6 Å². The zero-order valence-electron chi connectivity index (χ0n) is 22.2. The highest BCUT2D eigenvalue weighted by Crippen LogP contribution is 2.25. The van der Waals surface area contributed by atoms with E-state index in [4.69, 9.17) is 9.47 Å². The van der Waals surface area contributed by atoms with E-state index in [0.29, 0.717) is 5.92 Å². The van der Waals surface area contributed by atoms with Crippen LogP contribution in [0.1, 0.15) is 135 Å². The molecule has 0 aliphatic rings. The summed E-state index contributed by atoms with van der Waals surface area (Å²) in [5.41, 5.74) is 0.856. The van der Waals surface area contributed by atoms with Gasteiger partial charge in [0.05, 0.1) is 19.8 Å². The number of aliphatic hydroxyl groups excluding tert-OH is 1. The molecule has 1 N–H and O–H groups in total.